The Bertz CT molecular complexity index is 800. The van der Waals surface area contributed by atoms with Crippen molar-refractivity contribution in [1.29, 1.82) is 5.26 Å². The van der Waals surface area contributed by atoms with E-state index in [-0.39, 0.29) is 11.7 Å². The number of rotatable bonds is 6. The second-order valence-electron chi connectivity index (χ2n) is 5.81. The lowest BCUT2D eigenvalue weighted by molar-refractivity contribution is 0.624. The largest absolute Gasteiger partial charge is 0.348 e. The fourth-order valence-corrected chi connectivity index (χ4v) is 2.91. The van der Waals surface area contributed by atoms with E-state index < -0.39 is 0 Å². The standard InChI is InChI=1S/C20H18FN3/c21-18-10-6-15(7-11-18)2-1-3-19(20-13-23-14-24-20)17-8-4-16(12-22)5-9-17/h4-11,13-14,19H,1-3H2,(H,23,24). The molecule has 0 saturated carbocycles. The predicted molar refractivity (Wildman–Crippen MR) is 90.9 cm³/mol. The first-order valence-electron chi connectivity index (χ1n) is 7.99. The maximum atomic E-state index is 13.0. The van der Waals surface area contributed by atoms with E-state index >= 15 is 0 Å². The van der Waals surface area contributed by atoms with Crippen LogP contribution in [0.3, 0.4) is 0 Å². The van der Waals surface area contributed by atoms with Gasteiger partial charge in [0.1, 0.15) is 5.82 Å². The van der Waals surface area contributed by atoms with Crippen LogP contribution in [0.1, 0.15) is 41.1 Å². The Labute approximate surface area is 140 Å². The van der Waals surface area contributed by atoms with Gasteiger partial charge in [-0.2, -0.15) is 5.26 Å². The molecule has 1 atom stereocenters. The maximum Gasteiger partial charge on any atom is 0.123 e. The number of halogens is 1. The average molecular weight is 319 g/mol. The number of imidazole rings is 1. The molecule has 3 aromatic rings. The Morgan fingerprint density at radius 2 is 1.83 bits per heavy atom. The minimum absolute atomic E-state index is 0.202. The molecule has 3 nitrogen and oxygen atoms in total. The first kappa shape index (κ1) is 15.9. The third-order valence-corrected chi connectivity index (χ3v) is 4.21. The number of nitrogens with zero attached hydrogens (tertiary/aromatic N) is 2. The summed E-state index contributed by atoms with van der Waals surface area (Å²) < 4.78 is 13.0. The molecule has 2 aromatic carbocycles. The van der Waals surface area contributed by atoms with Crippen LogP contribution in [-0.2, 0) is 6.42 Å². The minimum Gasteiger partial charge on any atom is -0.348 e. The molecule has 0 saturated heterocycles. The summed E-state index contributed by atoms with van der Waals surface area (Å²) in [5.41, 5.74) is 4.03. The van der Waals surface area contributed by atoms with Crippen LogP contribution >= 0.6 is 0 Å². The molecular formula is C20H18FN3. The summed E-state index contributed by atoms with van der Waals surface area (Å²) in [5.74, 6) is 0.00682. The third-order valence-electron chi connectivity index (χ3n) is 4.21. The molecule has 1 N–H and O–H groups in total. The van der Waals surface area contributed by atoms with Crippen molar-refractivity contribution in [1.82, 2.24) is 9.97 Å². The van der Waals surface area contributed by atoms with Crippen LogP contribution in [-0.4, -0.2) is 9.97 Å². The average Bonchev–Trinajstić information content (AvgIpc) is 3.15. The highest BCUT2D eigenvalue weighted by molar-refractivity contribution is 5.35. The van der Waals surface area contributed by atoms with Crippen LogP contribution in [0.4, 0.5) is 4.39 Å². The molecule has 3 rings (SSSR count). The zero-order valence-electron chi connectivity index (χ0n) is 13.2. The number of aromatic amines is 1. The van der Waals surface area contributed by atoms with Gasteiger partial charge in [0.25, 0.3) is 0 Å². The molecular weight excluding hydrogens is 301 g/mol. The van der Waals surface area contributed by atoms with Gasteiger partial charge in [0.2, 0.25) is 0 Å². The number of nitriles is 1. The summed E-state index contributed by atoms with van der Waals surface area (Å²) >= 11 is 0. The Balaban J connectivity index is 1.71. The van der Waals surface area contributed by atoms with Gasteiger partial charge in [-0.05, 0) is 54.7 Å². The van der Waals surface area contributed by atoms with E-state index in [1.165, 1.54) is 12.1 Å². The zero-order chi connectivity index (χ0) is 16.8. The van der Waals surface area contributed by atoms with Gasteiger partial charge in [-0.15, -0.1) is 0 Å². The number of hydrogen-bond acceptors (Lipinski definition) is 2. The van der Waals surface area contributed by atoms with Crippen LogP contribution in [0.2, 0.25) is 0 Å². The summed E-state index contributed by atoms with van der Waals surface area (Å²) in [6, 6.07) is 16.5. The molecule has 0 aliphatic rings. The topological polar surface area (TPSA) is 52.5 Å². The molecule has 0 radical (unpaired) electrons. The molecule has 0 aliphatic heterocycles. The zero-order valence-corrected chi connectivity index (χ0v) is 13.2. The summed E-state index contributed by atoms with van der Waals surface area (Å²) in [7, 11) is 0. The van der Waals surface area contributed by atoms with Gasteiger partial charge in [-0.1, -0.05) is 24.3 Å². The van der Waals surface area contributed by atoms with Crippen molar-refractivity contribution in [3.05, 3.63) is 89.3 Å². The Morgan fingerprint density at radius 1 is 1.08 bits per heavy atom. The number of hydrogen-bond donors (Lipinski definition) is 1. The van der Waals surface area contributed by atoms with E-state index in [1.54, 1.807) is 6.33 Å². The smallest absolute Gasteiger partial charge is 0.123 e. The summed E-state index contributed by atoms with van der Waals surface area (Å²) in [4.78, 5) is 7.32. The Kier molecular flexibility index (Phi) is 5.02. The van der Waals surface area contributed by atoms with Crippen molar-refractivity contribution in [2.45, 2.75) is 25.2 Å². The molecule has 0 fully saturated rings. The molecule has 0 spiro atoms. The highest BCUT2D eigenvalue weighted by Crippen LogP contribution is 2.28. The summed E-state index contributed by atoms with van der Waals surface area (Å²) in [5, 5.41) is 8.95. The number of H-pyrrole nitrogens is 1. The fourth-order valence-electron chi connectivity index (χ4n) is 2.91. The van der Waals surface area contributed by atoms with Gasteiger partial charge in [0.05, 0.1) is 18.0 Å². The van der Waals surface area contributed by atoms with Crippen LogP contribution in [0.15, 0.2) is 61.1 Å². The van der Waals surface area contributed by atoms with Gasteiger partial charge in [0.15, 0.2) is 0 Å². The summed E-state index contributed by atoms with van der Waals surface area (Å²) in [6.07, 6.45) is 6.37. The molecule has 24 heavy (non-hydrogen) atoms. The van der Waals surface area contributed by atoms with Crippen molar-refractivity contribution in [2.24, 2.45) is 0 Å². The number of aromatic nitrogens is 2. The van der Waals surface area contributed by atoms with Crippen LogP contribution in [0.25, 0.3) is 0 Å². The molecule has 0 aliphatic carbocycles. The van der Waals surface area contributed by atoms with E-state index in [0.29, 0.717) is 5.56 Å². The normalized spacial score (nSPS) is 11.8. The molecule has 1 aromatic heterocycles. The highest BCUT2D eigenvalue weighted by Gasteiger charge is 2.15. The molecule has 4 heteroatoms. The number of benzene rings is 2. The molecule has 120 valence electrons. The van der Waals surface area contributed by atoms with E-state index in [1.807, 2.05) is 42.6 Å². The lowest BCUT2D eigenvalue weighted by Crippen LogP contribution is -2.03. The van der Waals surface area contributed by atoms with Crippen LogP contribution in [0, 0.1) is 17.1 Å². The number of aryl methyl sites for hydroxylation is 1. The lowest BCUT2D eigenvalue weighted by atomic mass is 9.89. The Hall–Kier alpha value is -2.93. The van der Waals surface area contributed by atoms with Gasteiger partial charge in [0, 0.05) is 17.8 Å². The van der Waals surface area contributed by atoms with Crippen LogP contribution < -0.4 is 0 Å². The van der Waals surface area contributed by atoms with Gasteiger partial charge >= 0.3 is 0 Å². The van der Waals surface area contributed by atoms with Gasteiger partial charge in [-0.25, -0.2) is 9.37 Å². The minimum atomic E-state index is -0.202. The quantitative estimate of drug-likeness (QED) is 0.723. The molecule has 1 heterocycles. The first-order chi connectivity index (χ1) is 11.8. The van der Waals surface area contributed by atoms with Gasteiger partial charge in [-0.3, -0.25) is 0 Å². The van der Waals surface area contributed by atoms with Gasteiger partial charge < -0.3 is 4.98 Å². The van der Waals surface area contributed by atoms with Crippen molar-refractivity contribution < 1.29 is 4.39 Å². The number of nitrogens with one attached hydrogen (secondary N) is 1. The predicted octanol–water partition coefficient (Wildman–Crippen LogP) is 4.58. The van der Waals surface area contributed by atoms with E-state index in [9.17, 15) is 4.39 Å². The maximum absolute atomic E-state index is 13.0. The second kappa shape index (κ2) is 7.56. The molecule has 0 amide bonds. The van der Waals surface area contributed by atoms with Crippen molar-refractivity contribution in [2.75, 3.05) is 0 Å². The van der Waals surface area contributed by atoms with E-state index in [2.05, 4.69) is 16.0 Å². The summed E-state index contributed by atoms with van der Waals surface area (Å²) in [6.45, 7) is 0. The first-order valence-corrected chi connectivity index (χ1v) is 7.99. The highest BCUT2D eigenvalue weighted by atomic mass is 19.1. The molecule has 1 unspecified atom stereocenters. The Morgan fingerprint density at radius 3 is 2.46 bits per heavy atom. The fraction of sp³-hybridized carbons (Fsp3) is 0.200. The second-order valence-corrected chi connectivity index (χ2v) is 5.81. The SMILES string of the molecule is N#Cc1ccc(C(CCCc2ccc(F)cc2)c2cnc[nH]2)cc1. The monoisotopic (exact) mass is 319 g/mol. The lowest BCUT2D eigenvalue weighted by Gasteiger charge is -2.16. The van der Waals surface area contributed by atoms with Crippen molar-refractivity contribution in [3.63, 3.8) is 0 Å². The van der Waals surface area contributed by atoms with Crippen LogP contribution in [0.5, 0.6) is 0 Å². The van der Waals surface area contributed by atoms with E-state index in [4.69, 9.17) is 5.26 Å². The van der Waals surface area contributed by atoms with Crippen molar-refractivity contribution in [3.8, 4) is 6.07 Å². The third kappa shape index (κ3) is 3.88. The van der Waals surface area contributed by atoms with E-state index in [0.717, 1.165) is 36.1 Å². The van der Waals surface area contributed by atoms with Crippen molar-refractivity contribution >= 4 is 0 Å². The molecule has 0 bridgehead atoms.